The highest BCUT2D eigenvalue weighted by Crippen LogP contribution is 2.34. The van der Waals surface area contributed by atoms with Crippen LogP contribution in [0.15, 0.2) is 42.6 Å². The predicted octanol–water partition coefficient (Wildman–Crippen LogP) is 4.26. The van der Waals surface area contributed by atoms with Gasteiger partial charge in [0.1, 0.15) is 5.82 Å². The van der Waals surface area contributed by atoms with E-state index in [1.807, 2.05) is 36.4 Å². The van der Waals surface area contributed by atoms with Crippen LogP contribution in [0.25, 0.3) is 22.5 Å². The van der Waals surface area contributed by atoms with Gasteiger partial charge in [0.15, 0.2) is 5.82 Å². The van der Waals surface area contributed by atoms with Crippen LogP contribution in [0.2, 0.25) is 0 Å². The summed E-state index contributed by atoms with van der Waals surface area (Å²) in [5.41, 5.74) is 2.53. The Kier molecular flexibility index (Phi) is 8.27. The van der Waals surface area contributed by atoms with Crippen LogP contribution in [-0.4, -0.2) is 64.0 Å². The Labute approximate surface area is 230 Å². The smallest absolute Gasteiger partial charge is 0.304 e. The summed E-state index contributed by atoms with van der Waals surface area (Å²) in [5, 5.41) is 9.86. The maximum atomic E-state index is 13.4. The van der Waals surface area contributed by atoms with Crippen molar-refractivity contribution in [2.24, 2.45) is 11.8 Å². The summed E-state index contributed by atoms with van der Waals surface area (Å²) in [6.07, 6.45) is 5.09. The second kappa shape index (κ2) is 12.0. The minimum atomic E-state index is -0.991. The van der Waals surface area contributed by atoms with Crippen LogP contribution in [0.1, 0.15) is 38.5 Å². The molecule has 0 unspecified atom stereocenters. The summed E-state index contributed by atoms with van der Waals surface area (Å²) in [4.78, 5) is 49.3. The number of rotatable bonds is 9. The number of aliphatic carboxylic acids is 1. The fourth-order valence-corrected chi connectivity index (χ4v) is 5.87. The molecule has 2 saturated heterocycles. The first-order valence-corrected chi connectivity index (χ1v) is 13.9. The quantitative estimate of drug-likeness (QED) is 0.420. The maximum absolute atomic E-state index is 13.4. The molecular weight excluding hydrogens is 518 g/mol. The Morgan fingerprint density at radius 2 is 1.95 bits per heavy atom. The molecule has 0 radical (unpaired) electrons. The lowest BCUT2D eigenvalue weighted by Gasteiger charge is -2.27. The number of carbonyl (C=O) groups excluding carboxylic acids is 2. The number of benzene rings is 1. The van der Waals surface area contributed by atoms with Gasteiger partial charge in [-0.05, 0) is 49.3 Å². The van der Waals surface area contributed by atoms with Gasteiger partial charge in [-0.2, -0.15) is 9.36 Å². The minimum Gasteiger partial charge on any atom is -0.481 e. The molecular formula is C28H31N5O5S. The third kappa shape index (κ3) is 6.15. The molecule has 5 rings (SSSR count). The lowest BCUT2D eigenvalue weighted by molar-refractivity contribution is -0.141. The molecule has 2 amide bonds. The summed E-state index contributed by atoms with van der Waals surface area (Å²) < 4.78 is 9.94. The average Bonchev–Trinajstić information content (AvgIpc) is 3.62. The Balaban J connectivity index is 1.35. The van der Waals surface area contributed by atoms with Gasteiger partial charge in [-0.1, -0.05) is 24.3 Å². The van der Waals surface area contributed by atoms with E-state index in [1.165, 1.54) is 4.90 Å². The van der Waals surface area contributed by atoms with Gasteiger partial charge in [0.25, 0.3) is 0 Å². The van der Waals surface area contributed by atoms with Crippen molar-refractivity contribution < 1.29 is 24.2 Å². The van der Waals surface area contributed by atoms with Crippen LogP contribution in [0.5, 0.6) is 0 Å². The van der Waals surface area contributed by atoms with Crippen molar-refractivity contribution >= 4 is 40.3 Å². The highest BCUT2D eigenvalue weighted by Gasteiger charge is 2.31. The Bertz CT molecular complexity index is 1340. The van der Waals surface area contributed by atoms with Crippen LogP contribution in [0.3, 0.4) is 0 Å². The largest absolute Gasteiger partial charge is 0.481 e. The maximum Gasteiger partial charge on any atom is 0.304 e. The summed E-state index contributed by atoms with van der Waals surface area (Å²) >= 11 is 1.10. The van der Waals surface area contributed by atoms with E-state index in [9.17, 15) is 19.5 Å². The Morgan fingerprint density at radius 3 is 2.62 bits per heavy atom. The van der Waals surface area contributed by atoms with Gasteiger partial charge >= 0.3 is 5.97 Å². The third-order valence-electron chi connectivity index (χ3n) is 7.34. The normalized spacial score (nSPS) is 16.8. The highest BCUT2D eigenvalue weighted by molar-refractivity contribution is 7.10. The van der Waals surface area contributed by atoms with E-state index in [4.69, 9.17) is 4.74 Å². The van der Waals surface area contributed by atoms with Gasteiger partial charge in [-0.3, -0.25) is 24.2 Å². The van der Waals surface area contributed by atoms with Crippen LogP contribution in [-0.2, 0) is 19.1 Å². The Morgan fingerprint density at radius 1 is 1.18 bits per heavy atom. The monoisotopic (exact) mass is 549 g/mol. The second-order valence-electron chi connectivity index (χ2n) is 9.98. The summed E-state index contributed by atoms with van der Waals surface area (Å²) in [7, 11) is 1.62. The molecule has 2 aliphatic rings. The van der Waals surface area contributed by atoms with Crippen molar-refractivity contribution in [3.63, 3.8) is 0 Å². The fraction of sp³-hybridized carbons (Fsp3) is 0.429. The number of carbonyl (C=O) groups is 3. The summed E-state index contributed by atoms with van der Waals surface area (Å²) in [5.74, 6) is -0.423. The molecule has 4 heterocycles. The van der Waals surface area contributed by atoms with Gasteiger partial charge in [-0.25, -0.2) is 4.98 Å². The Hall–Kier alpha value is -3.70. The number of carboxylic acids is 1. The number of hydrogen-bond acceptors (Lipinski definition) is 8. The SMILES string of the molecule is CN(C(=O)[C@@H](CC(=O)O)CC1CCOCC1)c1nc(-c2ccccc2-c2ccc(N3CCCC3=O)nc2)ns1. The molecule has 11 heteroatoms. The molecule has 0 saturated carbocycles. The van der Waals surface area contributed by atoms with Crippen molar-refractivity contribution in [3.8, 4) is 22.5 Å². The molecule has 3 aromatic rings. The molecule has 39 heavy (non-hydrogen) atoms. The van der Waals surface area contributed by atoms with Gasteiger partial charge < -0.3 is 9.84 Å². The molecule has 2 aliphatic heterocycles. The molecule has 1 N–H and O–H groups in total. The first-order valence-electron chi connectivity index (χ1n) is 13.2. The summed E-state index contributed by atoms with van der Waals surface area (Å²) in [6, 6.07) is 11.5. The van der Waals surface area contributed by atoms with Crippen molar-refractivity contribution in [3.05, 3.63) is 42.6 Å². The van der Waals surface area contributed by atoms with E-state index in [2.05, 4.69) is 14.3 Å². The lowest BCUT2D eigenvalue weighted by atomic mass is 9.86. The lowest BCUT2D eigenvalue weighted by Crippen LogP contribution is -2.35. The highest BCUT2D eigenvalue weighted by atomic mass is 32.1. The molecule has 2 aromatic heterocycles. The minimum absolute atomic E-state index is 0.0897. The summed E-state index contributed by atoms with van der Waals surface area (Å²) in [6.45, 7) is 1.96. The number of amides is 2. The van der Waals surface area contributed by atoms with Crippen LogP contribution >= 0.6 is 11.5 Å². The molecule has 204 valence electrons. The van der Waals surface area contributed by atoms with Crippen LogP contribution in [0.4, 0.5) is 10.9 Å². The standard InChI is InChI=1S/C28H31N5O5S/c1-32(27(37)20(16-25(35)36)15-18-10-13-38-14-11-18)28-30-26(31-39-28)22-6-3-2-5-21(22)19-8-9-23(29-17-19)33-12-4-7-24(33)34/h2-3,5-6,8-9,17-18,20H,4,7,10-16H2,1H3,(H,35,36)/t20-/m1/s1. The molecule has 2 fully saturated rings. The molecule has 0 spiro atoms. The number of pyridine rings is 1. The van der Waals surface area contributed by atoms with Gasteiger partial charge in [0.2, 0.25) is 16.9 Å². The van der Waals surface area contributed by atoms with E-state index < -0.39 is 11.9 Å². The van der Waals surface area contributed by atoms with Crippen molar-refractivity contribution in [1.82, 2.24) is 14.3 Å². The van der Waals surface area contributed by atoms with Gasteiger partial charge in [0, 0.05) is 68.0 Å². The van der Waals surface area contributed by atoms with Gasteiger partial charge in [0.05, 0.1) is 6.42 Å². The molecule has 0 aliphatic carbocycles. The topological polar surface area (TPSA) is 126 Å². The van der Waals surface area contributed by atoms with Crippen molar-refractivity contribution in [1.29, 1.82) is 0 Å². The first kappa shape index (κ1) is 26.9. The van der Waals surface area contributed by atoms with Crippen LogP contribution in [0, 0.1) is 11.8 Å². The zero-order chi connectivity index (χ0) is 27.4. The molecule has 0 bridgehead atoms. The second-order valence-corrected chi connectivity index (χ2v) is 10.7. The number of nitrogens with zero attached hydrogens (tertiary/aromatic N) is 5. The third-order valence-corrected chi connectivity index (χ3v) is 8.13. The predicted molar refractivity (Wildman–Crippen MR) is 147 cm³/mol. The number of ether oxygens (including phenoxy) is 1. The zero-order valence-corrected chi connectivity index (χ0v) is 22.6. The zero-order valence-electron chi connectivity index (χ0n) is 21.8. The fourth-order valence-electron chi connectivity index (χ4n) is 5.22. The van der Waals surface area contributed by atoms with E-state index in [0.717, 1.165) is 47.5 Å². The molecule has 10 nitrogen and oxygen atoms in total. The average molecular weight is 550 g/mol. The van der Waals surface area contributed by atoms with Crippen LogP contribution < -0.4 is 9.80 Å². The van der Waals surface area contributed by atoms with Gasteiger partial charge in [-0.15, -0.1) is 0 Å². The number of carboxylic acid groups (broad SMARTS) is 1. The van der Waals surface area contributed by atoms with E-state index in [0.29, 0.717) is 49.4 Å². The number of anilines is 2. The van der Waals surface area contributed by atoms with E-state index in [-0.39, 0.29) is 24.2 Å². The number of hydrogen-bond donors (Lipinski definition) is 1. The molecule has 1 atom stereocenters. The van der Waals surface area contributed by atoms with Crippen molar-refractivity contribution in [2.75, 3.05) is 36.6 Å². The van der Waals surface area contributed by atoms with E-state index >= 15 is 0 Å². The van der Waals surface area contributed by atoms with Crippen molar-refractivity contribution in [2.45, 2.75) is 38.5 Å². The molecule has 1 aromatic carbocycles. The number of aromatic nitrogens is 3. The first-order chi connectivity index (χ1) is 18.9. The van der Waals surface area contributed by atoms with E-state index in [1.54, 1.807) is 18.1 Å².